The van der Waals surface area contributed by atoms with Gasteiger partial charge in [0.05, 0.1) is 23.3 Å². The van der Waals surface area contributed by atoms with E-state index in [9.17, 15) is 4.79 Å². The lowest BCUT2D eigenvalue weighted by atomic mass is 9.92. The summed E-state index contributed by atoms with van der Waals surface area (Å²) in [5, 5.41) is 16.3. The molecule has 3 aromatic heterocycles. The normalized spacial score (nSPS) is 14.0. The Hall–Kier alpha value is -4.76. The number of aryl methyl sites for hydroxylation is 1. The molecule has 43 heavy (non-hydrogen) atoms. The van der Waals surface area contributed by atoms with Crippen molar-refractivity contribution >= 4 is 34.1 Å². The molecule has 0 spiro atoms. The molecule has 9 nitrogen and oxygen atoms in total. The summed E-state index contributed by atoms with van der Waals surface area (Å²) in [5.41, 5.74) is 5.11. The third kappa shape index (κ3) is 6.36. The standard InChI is InChI=1S/C34H37N7O2/c1-22-9-11-25(21-35-22)41-32(19-30(40-41)34(2,3)4)39-33(42)38-29-13-12-26(27-7-5-6-8-28(27)29)23-10-14-31(36-20-23)37-24-15-17-43-18-16-24/h5-14,19-21,24H,15-18H2,1-4H3,(H,36,37)(H2,38,39,42). The van der Waals surface area contributed by atoms with Gasteiger partial charge in [-0.2, -0.15) is 5.10 Å². The Kier molecular flexibility index (Phi) is 7.82. The molecule has 1 saturated heterocycles. The second-order valence-corrected chi connectivity index (χ2v) is 12.0. The highest BCUT2D eigenvalue weighted by Crippen LogP contribution is 2.34. The molecule has 1 aliphatic heterocycles. The molecule has 0 radical (unpaired) electrons. The van der Waals surface area contributed by atoms with Crippen LogP contribution < -0.4 is 16.0 Å². The van der Waals surface area contributed by atoms with E-state index in [4.69, 9.17) is 9.84 Å². The Bertz CT molecular complexity index is 1730. The molecule has 5 aromatic rings. The molecule has 0 atom stereocenters. The number of fused-ring (bicyclic) bond motifs is 1. The first kappa shape index (κ1) is 28.4. The highest BCUT2D eigenvalue weighted by Gasteiger charge is 2.22. The minimum atomic E-state index is -0.357. The molecule has 1 aliphatic rings. The van der Waals surface area contributed by atoms with Crippen LogP contribution in [-0.2, 0) is 10.2 Å². The topological polar surface area (TPSA) is 106 Å². The Labute approximate surface area is 251 Å². The maximum atomic E-state index is 13.4. The minimum Gasteiger partial charge on any atom is -0.381 e. The second kappa shape index (κ2) is 11.9. The monoisotopic (exact) mass is 575 g/mol. The van der Waals surface area contributed by atoms with Crippen molar-refractivity contribution in [2.24, 2.45) is 0 Å². The molecule has 9 heteroatoms. The second-order valence-electron chi connectivity index (χ2n) is 12.0. The first-order valence-electron chi connectivity index (χ1n) is 14.7. The predicted octanol–water partition coefficient (Wildman–Crippen LogP) is 7.32. The zero-order valence-corrected chi connectivity index (χ0v) is 25.0. The molecule has 220 valence electrons. The van der Waals surface area contributed by atoms with Crippen molar-refractivity contribution < 1.29 is 9.53 Å². The average molecular weight is 576 g/mol. The number of urea groups is 1. The number of carbonyl (C=O) groups is 1. The van der Waals surface area contributed by atoms with Gasteiger partial charge in [0.25, 0.3) is 0 Å². The van der Waals surface area contributed by atoms with Gasteiger partial charge in [-0.3, -0.25) is 10.3 Å². The van der Waals surface area contributed by atoms with Crippen molar-refractivity contribution in [2.75, 3.05) is 29.2 Å². The molecule has 2 amide bonds. The van der Waals surface area contributed by atoms with Crippen molar-refractivity contribution in [1.29, 1.82) is 0 Å². The van der Waals surface area contributed by atoms with Crippen LogP contribution in [0.15, 0.2) is 79.1 Å². The molecular formula is C34H37N7O2. The van der Waals surface area contributed by atoms with Gasteiger partial charge in [-0.1, -0.05) is 51.1 Å². The average Bonchev–Trinajstić information content (AvgIpc) is 3.43. The van der Waals surface area contributed by atoms with Crippen LogP contribution >= 0.6 is 0 Å². The van der Waals surface area contributed by atoms with Gasteiger partial charge in [0.1, 0.15) is 11.6 Å². The lowest BCUT2D eigenvalue weighted by molar-refractivity contribution is 0.0904. The maximum absolute atomic E-state index is 13.4. The summed E-state index contributed by atoms with van der Waals surface area (Å²) in [6, 6.07) is 22.0. The van der Waals surface area contributed by atoms with Gasteiger partial charge in [0.2, 0.25) is 0 Å². The molecule has 3 N–H and O–H groups in total. The van der Waals surface area contributed by atoms with E-state index in [-0.39, 0.29) is 11.4 Å². The molecule has 0 saturated carbocycles. The zero-order chi connectivity index (χ0) is 30.0. The van der Waals surface area contributed by atoms with Crippen molar-refractivity contribution in [3.8, 4) is 16.8 Å². The van der Waals surface area contributed by atoms with Crippen LogP contribution in [-0.4, -0.2) is 45.0 Å². The lowest BCUT2D eigenvalue weighted by Gasteiger charge is -2.23. The zero-order valence-electron chi connectivity index (χ0n) is 25.0. The molecule has 2 aromatic carbocycles. The summed E-state index contributed by atoms with van der Waals surface area (Å²) < 4.78 is 7.19. The van der Waals surface area contributed by atoms with Gasteiger partial charge in [0.15, 0.2) is 0 Å². The Balaban J connectivity index is 1.24. The number of nitrogens with zero attached hydrogens (tertiary/aromatic N) is 4. The van der Waals surface area contributed by atoms with Gasteiger partial charge in [-0.15, -0.1) is 0 Å². The SMILES string of the molecule is Cc1ccc(-n2nc(C(C)(C)C)cc2NC(=O)Nc2ccc(-c3ccc(NC4CCOCC4)nc3)c3ccccc23)cn1. The number of amides is 2. The smallest absolute Gasteiger partial charge is 0.324 e. The number of pyridine rings is 2. The van der Waals surface area contributed by atoms with Crippen LogP contribution in [0.5, 0.6) is 0 Å². The van der Waals surface area contributed by atoms with E-state index in [1.807, 2.05) is 67.7 Å². The largest absolute Gasteiger partial charge is 0.381 e. The molecule has 4 heterocycles. The molecule has 0 aliphatic carbocycles. The van der Waals surface area contributed by atoms with Gasteiger partial charge in [-0.25, -0.2) is 14.5 Å². The number of hydrogen-bond donors (Lipinski definition) is 3. The van der Waals surface area contributed by atoms with E-state index >= 15 is 0 Å². The van der Waals surface area contributed by atoms with Crippen molar-refractivity contribution in [2.45, 2.75) is 52.0 Å². The minimum absolute atomic E-state index is 0.198. The summed E-state index contributed by atoms with van der Waals surface area (Å²) in [4.78, 5) is 22.5. The van der Waals surface area contributed by atoms with E-state index in [2.05, 4.69) is 58.8 Å². The summed E-state index contributed by atoms with van der Waals surface area (Å²) in [6.45, 7) is 9.79. The van der Waals surface area contributed by atoms with Crippen LogP contribution in [0.1, 0.15) is 45.0 Å². The van der Waals surface area contributed by atoms with E-state index in [0.717, 1.165) is 70.8 Å². The van der Waals surface area contributed by atoms with Crippen molar-refractivity contribution in [3.63, 3.8) is 0 Å². The van der Waals surface area contributed by atoms with E-state index in [1.165, 1.54) is 0 Å². The van der Waals surface area contributed by atoms with Gasteiger partial charge >= 0.3 is 6.03 Å². The number of hydrogen-bond acceptors (Lipinski definition) is 6. The summed E-state index contributed by atoms with van der Waals surface area (Å²) in [5.74, 6) is 1.43. The fourth-order valence-corrected chi connectivity index (χ4v) is 5.24. The van der Waals surface area contributed by atoms with Crippen LogP contribution in [0.3, 0.4) is 0 Å². The van der Waals surface area contributed by atoms with Crippen LogP contribution in [0.2, 0.25) is 0 Å². The molecular weight excluding hydrogens is 538 g/mol. The van der Waals surface area contributed by atoms with Crippen LogP contribution in [0, 0.1) is 6.92 Å². The fraction of sp³-hybridized carbons (Fsp3) is 0.294. The number of benzene rings is 2. The van der Waals surface area contributed by atoms with Gasteiger partial charge in [-0.05, 0) is 61.0 Å². The summed E-state index contributed by atoms with van der Waals surface area (Å²) >= 11 is 0. The number of anilines is 3. The number of carbonyl (C=O) groups excluding carboxylic acids is 1. The molecule has 0 unspecified atom stereocenters. The fourth-order valence-electron chi connectivity index (χ4n) is 5.24. The number of nitrogens with one attached hydrogen (secondary N) is 3. The van der Waals surface area contributed by atoms with E-state index in [1.54, 1.807) is 10.9 Å². The third-order valence-electron chi connectivity index (χ3n) is 7.68. The Morgan fingerprint density at radius 1 is 0.907 bits per heavy atom. The first-order chi connectivity index (χ1) is 20.7. The number of ether oxygens (including phenoxy) is 1. The van der Waals surface area contributed by atoms with Crippen molar-refractivity contribution in [3.05, 3.63) is 90.5 Å². The molecule has 6 rings (SSSR count). The number of aromatic nitrogens is 4. The first-order valence-corrected chi connectivity index (χ1v) is 14.7. The van der Waals surface area contributed by atoms with Gasteiger partial charge in [0, 0.05) is 53.6 Å². The predicted molar refractivity (Wildman–Crippen MR) is 172 cm³/mol. The van der Waals surface area contributed by atoms with E-state index < -0.39 is 0 Å². The number of rotatable bonds is 6. The van der Waals surface area contributed by atoms with Crippen LogP contribution in [0.25, 0.3) is 27.6 Å². The lowest BCUT2D eigenvalue weighted by Crippen LogP contribution is -2.28. The van der Waals surface area contributed by atoms with Gasteiger partial charge < -0.3 is 15.4 Å². The summed E-state index contributed by atoms with van der Waals surface area (Å²) in [6.07, 6.45) is 5.63. The maximum Gasteiger partial charge on any atom is 0.324 e. The highest BCUT2D eigenvalue weighted by molar-refractivity contribution is 6.09. The third-order valence-corrected chi connectivity index (χ3v) is 7.68. The molecule has 0 bridgehead atoms. The van der Waals surface area contributed by atoms with E-state index in [0.29, 0.717) is 17.5 Å². The van der Waals surface area contributed by atoms with Crippen molar-refractivity contribution in [1.82, 2.24) is 19.7 Å². The quantitative estimate of drug-likeness (QED) is 0.196. The Morgan fingerprint density at radius 3 is 2.40 bits per heavy atom. The highest BCUT2D eigenvalue weighted by atomic mass is 16.5. The molecule has 1 fully saturated rings. The van der Waals surface area contributed by atoms with Crippen LogP contribution in [0.4, 0.5) is 22.1 Å². The summed E-state index contributed by atoms with van der Waals surface area (Å²) in [7, 11) is 0. The Morgan fingerprint density at radius 2 is 1.70 bits per heavy atom.